The second-order valence-electron chi connectivity index (χ2n) is 6.76. The smallest absolute Gasteiger partial charge is 0.337 e. The van der Waals surface area contributed by atoms with Crippen molar-refractivity contribution in [2.24, 2.45) is 0 Å². The van der Waals surface area contributed by atoms with Gasteiger partial charge in [-0.25, -0.2) is 9.78 Å². The van der Waals surface area contributed by atoms with Gasteiger partial charge in [0, 0.05) is 10.9 Å². The zero-order chi connectivity index (χ0) is 21.6. The Morgan fingerprint density at radius 3 is 2.23 bits per heavy atom. The monoisotopic (exact) mass is 422 g/mol. The molecule has 1 aromatic heterocycles. The highest BCUT2D eigenvalue weighted by Gasteiger charge is 2.10. The van der Waals surface area contributed by atoms with Crippen LogP contribution in [0.5, 0.6) is 0 Å². The normalized spacial score (nSPS) is 11.0. The number of carbonyl (C=O) groups excluding carboxylic acids is 1. The number of nitriles is 1. The van der Waals surface area contributed by atoms with Gasteiger partial charge in [0.15, 0.2) is 0 Å². The van der Waals surface area contributed by atoms with Gasteiger partial charge in [0.1, 0.15) is 11.1 Å². The van der Waals surface area contributed by atoms with Crippen molar-refractivity contribution in [3.05, 3.63) is 100 Å². The van der Waals surface area contributed by atoms with Crippen LogP contribution in [0.3, 0.4) is 0 Å². The van der Waals surface area contributed by atoms with E-state index in [9.17, 15) is 10.1 Å². The predicted octanol–water partition coefficient (Wildman–Crippen LogP) is 6.33. The van der Waals surface area contributed by atoms with E-state index in [0.29, 0.717) is 16.1 Å². The molecule has 0 aliphatic carbocycles. The van der Waals surface area contributed by atoms with Gasteiger partial charge in [-0.2, -0.15) is 5.26 Å². The lowest BCUT2D eigenvalue weighted by atomic mass is 10.0. The molecule has 0 saturated carbocycles. The van der Waals surface area contributed by atoms with Crippen LogP contribution in [0, 0.1) is 11.3 Å². The Morgan fingerprint density at radius 2 is 1.58 bits per heavy atom. The predicted molar refractivity (Wildman–Crippen MR) is 124 cm³/mol. The number of carbonyl (C=O) groups is 1. The fraction of sp³-hybridized carbons (Fsp3) is 0.0385. The van der Waals surface area contributed by atoms with Gasteiger partial charge in [0.25, 0.3) is 0 Å². The number of aromatic nitrogens is 1. The molecule has 5 heteroatoms. The maximum absolute atomic E-state index is 11.6. The van der Waals surface area contributed by atoms with Crippen molar-refractivity contribution in [3.8, 4) is 28.5 Å². The fourth-order valence-corrected chi connectivity index (χ4v) is 3.93. The van der Waals surface area contributed by atoms with Crippen molar-refractivity contribution in [3.63, 3.8) is 0 Å². The van der Waals surface area contributed by atoms with Crippen LogP contribution in [-0.2, 0) is 4.74 Å². The third-order valence-electron chi connectivity index (χ3n) is 4.79. The molecule has 3 aromatic carbocycles. The number of nitrogens with zero attached hydrogens (tertiary/aromatic N) is 2. The number of ether oxygens (including phenoxy) is 1. The van der Waals surface area contributed by atoms with Crippen LogP contribution in [0.1, 0.15) is 20.9 Å². The van der Waals surface area contributed by atoms with E-state index in [1.165, 1.54) is 24.0 Å². The van der Waals surface area contributed by atoms with E-state index in [1.54, 1.807) is 30.3 Å². The minimum Gasteiger partial charge on any atom is -0.465 e. The summed E-state index contributed by atoms with van der Waals surface area (Å²) in [6.45, 7) is 0. The summed E-state index contributed by atoms with van der Waals surface area (Å²) in [7, 11) is 1.35. The van der Waals surface area contributed by atoms with Gasteiger partial charge in [-0.15, -0.1) is 11.3 Å². The quantitative estimate of drug-likeness (QED) is 0.279. The topological polar surface area (TPSA) is 63.0 Å². The molecule has 4 aromatic rings. The molecule has 0 amide bonds. The lowest BCUT2D eigenvalue weighted by Crippen LogP contribution is -2.00. The molecule has 31 heavy (non-hydrogen) atoms. The molecule has 150 valence electrons. The first-order chi connectivity index (χ1) is 15.2. The van der Waals surface area contributed by atoms with Crippen LogP contribution in [-0.4, -0.2) is 18.1 Å². The molecule has 1 heterocycles. The van der Waals surface area contributed by atoms with Crippen molar-refractivity contribution in [2.45, 2.75) is 0 Å². The summed E-state index contributed by atoms with van der Waals surface area (Å²) >= 11 is 1.43. The summed E-state index contributed by atoms with van der Waals surface area (Å²) in [6, 6.07) is 27.6. The number of allylic oxidation sites excluding steroid dienone is 1. The zero-order valence-electron chi connectivity index (χ0n) is 16.8. The molecule has 0 atom stereocenters. The number of methoxy groups -OCH3 is 1. The fourth-order valence-electron chi connectivity index (χ4n) is 3.14. The van der Waals surface area contributed by atoms with Crippen molar-refractivity contribution in [2.75, 3.05) is 7.11 Å². The summed E-state index contributed by atoms with van der Waals surface area (Å²) in [5.41, 5.74) is 5.90. The molecule has 4 nitrogen and oxygen atoms in total. The van der Waals surface area contributed by atoms with Crippen LogP contribution >= 0.6 is 11.3 Å². The Kier molecular flexibility index (Phi) is 6.02. The summed E-state index contributed by atoms with van der Waals surface area (Å²) in [5, 5.41) is 12.2. The highest BCUT2D eigenvalue weighted by molar-refractivity contribution is 7.11. The van der Waals surface area contributed by atoms with Crippen molar-refractivity contribution in [1.29, 1.82) is 5.26 Å². The first kappa shape index (κ1) is 20.3. The second-order valence-corrected chi connectivity index (χ2v) is 7.62. The van der Waals surface area contributed by atoms with E-state index in [0.717, 1.165) is 22.4 Å². The van der Waals surface area contributed by atoms with E-state index >= 15 is 0 Å². The van der Waals surface area contributed by atoms with E-state index in [-0.39, 0.29) is 5.97 Å². The minimum atomic E-state index is -0.390. The summed E-state index contributed by atoms with van der Waals surface area (Å²) < 4.78 is 4.71. The van der Waals surface area contributed by atoms with Gasteiger partial charge in [0.05, 0.1) is 23.9 Å². The van der Waals surface area contributed by atoms with Crippen molar-refractivity contribution < 1.29 is 9.53 Å². The van der Waals surface area contributed by atoms with Gasteiger partial charge in [-0.05, 0) is 34.9 Å². The highest BCUT2D eigenvalue weighted by atomic mass is 32.1. The summed E-state index contributed by atoms with van der Waals surface area (Å²) in [5.74, 6) is -0.390. The molecule has 0 aliphatic heterocycles. The number of hydrogen-bond acceptors (Lipinski definition) is 5. The van der Waals surface area contributed by atoms with E-state index < -0.39 is 0 Å². The third-order valence-corrected chi connectivity index (χ3v) is 5.66. The van der Waals surface area contributed by atoms with Gasteiger partial charge < -0.3 is 4.74 Å². The minimum absolute atomic E-state index is 0.390. The number of esters is 1. The molecular formula is C26H18N2O2S. The number of benzene rings is 3. The van der Waals surface area contributed by atoms with Gasteiger partial charge in [0.2, 0.25) is 0 Å². The molecule has 0 radical (unpaired) electrons. The summed E-state index contributed by atoms with van der Waals surface area (Å²) in [4.78, 5) is 16.2. The molecule has 0 fully saturated rings. The second kappa shape index (κ2) is 9.21. The summed E-state index contributed by atoms with van der Waals surface area (Å²) in [6.07, 6.45) is 1.77. The first-order valence-electron chi connectivity index (χ1n) is 9.60. The number of hydrogen-bond donors (Lipinski definition) is 0. The maximum Gasteiger partial charge on any atom is 0.337 e. The van der Waals surface area contributed by atoms with Crippen LogP contribution in [0.25, 0.3) is 34.0 Å². The Bertz CT molecular complexity index is 1270. The zero-order valence-corrected chi connectivity index (χ0v) is 17.6. The van der Waals surface area contributed by atoms with E-state index in [2.05, 4.69) is 35.3 Å². The lowest BCUT2D eigenvalue weighted by Gasteiger charge is -2.03. The van der Waals surface area contributed by atoms with E-state index in [1.807, 2.05) is 35.7 Å². The Balaban J connectivity index is 1.56. The van der Waals surface area contributed by atoms with Gasteiger partial charge in [-0.3, -0.25) is 0 Å². The average Bonchev–Trinajstić information content (AvgIpc) is 3.33. The van der Waals surface area contributed by atoms with Crippen LogP contribution in [0.15, 0.2) is 84.2 Å². The SMILES string of the molecule is COC(=O)c1ccc(C=C(C#N)c2nc(-c3ccc(-c4ccccc4)cc3)cs2)cc1. The van der Waals surface area contributed by atoms with Crippen LogP contribution < -0.4 is 0 Å². The maximum atomic E-state index is 11.6. The molecule has 0 bridgehead atoms. The molecule has 0 N–H and O–H groups in total. The Hall–Kier alpha value is -4.01. The highest BCUT2D eigenvalue weighted by Crippen LogP contribution is 2.29. The van der Waals surface area contributed by atoms with Gasteiger partial charge in [-0.1, -0.05) is 66.7 Å². The first-order valence-corrected chi connectivity index (χ1v) is 10.5. The number of thiazole rings is 1. The van der Waals surface area contributed by atoms with Crippen molar-refractivity contribution >= 4 is 29.0 Å². The molecule has 0 aliphatic rings. The van der Waals surface area contributed by atoms with Crippen molar-refractivity contribution in [1.82, 2.24) is 4.98 Å². The average molecular weight is 423 g/mol. The van der Waals surface area contributed by atoms with E-state index in [4.69, 9.17) is 4.74 Å². The molecule has 0 unspecified atom stereocenters. The largest absolute Gasteiger partial charge is 0.465 e. The Morgan fingerprint density at radius 1 is 0.935 bits per heavy atom. The van der Waals surface area contributed by atoms with Crippen LogP contribution in [0.2, 0.25) is 0 Å². The standard InChI is InChI=1S/C26H18N2O2S/c1-30-26(29)22-9-7-18(8-10-22)15-23(16-27)25-28-24(17-31-25)21-13-11-20(12-14-21)19-5-3-2-4-6-19/h2-15,17H,1H3. The molecule has 4 rings (SSSR count). The third kappa shape index (κ3) is 4.61. The van der Waals surface area contributed by atoms with Gasteiger partial charge >= 0.3 is 5.97 Å². The lowest BCUT2D eigenvalue weighted by molar-refractivity contribution is 0.0600. The molecule has 0 saturated heterocycles. The molecule has 0 spiro atoms. The Labute approximate surface area is 184 Å². The van der Waals surface area contributed by atoms with Crippen LogP contribution in [0.4, 0.5) is 0 Å². The number of rotatable bonds is 5. The molecular weight excluding hydrogens is 404 g/mol.